The van der Waals surface area contributed by atoms with Crippen LogP contribution in [0.2, 0.25) is 5.02 Å². The van der Waals surface area contributed by atoms with Crippen molar-refractivity contribution in [3.05, 3.63) is 47.0 Å². The maximum Gasteiger partial charge on any atom is 0.186 e. The zero-order valence-corrected chi connectivity index (χ0v) is 11.4. The van der Waals surface area contributed by atoms with Gasteiger partial charge in [-0.3, -0.25) is 4.79 Å². The Morgan fingerprint density at radius 3 is 2.72 bits per heavy atom. The number of hydrogen-bond donors (Lipinski definition) is 0. The van der Waals surface area contributed by atoms with Gasteiger partial charge in [-0.05, 0) is 17.5 Å². The normalized spacial score (nSPS) is 9.89. The molecule has 90 valence electrons. The van der Waals surface area contributed by atoms with E-state index in [-0.39, 0.29) is 5.12 Å². The van der Waals surface area contributed by atoms with Crippen molar-refractivity contribution in [1.82, 2.24) is 0 Å². The van der Waals surface area contributed by atoms with Gasteiger partial charge in [0.25, 0.3) is 0 Å². The molecule has 0 atom stereocenters. The Morgan fingerprint density at radius 1 is 1.28 bits per heavy atom. The van der Waals surface area contributed by atoms with Crippen LogP contribution in [0.25, 0.3) is 10.8 Å². The van der Waals surface area contributed by atoms with Gasteiger partial charge in [0.05, 0.1) is 5.75 Å². The summed E-state index contributed by atoms with van der Waals surface area (Å²) < 4.78 is 0. The summed E-state index contributed by atoms with van der Waals surface area (Å²) in [6.07, 6.45) is 0. The van der Waals surface area contributed by atoms with Crippen molar-refractivity contribution < 1.29 is 4.79 Å². The van der Waals surface area contributed by atoms with E-state index in [1.165, 1.54) is 11.8 Å². The standard InChI is InChI=1S/C15H11ClOS/c1-11(17)18-10-4-8-13-6-2-5-12-7-3-9-14(16)15(12)13/h2-3,5-7,9H,10H2,1H3. The molecular formula is C15H11ClOS. The van der Waals surface area contributed by atoms with Crippen LogP contribution in [-0.4, -0.2) is 10.9 Å². The SMILES string of the molecule is CC(=O)SCC#Cc1cccc2cccc(Cl)c12. The van der Waals surface area contributed by atoms with Gasteiger partial charge in [-0.2, -0.15) is 0 Å². The third-order valence-electron chi connectivity index (χ3n) is 2.42. The van der Waals surface area contributed by atoms with E-state index in [0.29, 0.717) is 10.8 Å². The average molecular weight is 275 g/mol. The quantitative estimate of drug-likeness (QED) is 0.728. The molecule has 18 heavy (non-hydrogen) atoms. The van der Waals surface area contributed by atoms with E-state index in [9.17, 15) is 4.79 Å². The summed E-state index contributed by atoms with van der Waals surface area (Å²) in [4.78, 5) is 10.8. The second-order valence-corrected chi connectivity index (χ2v) is 5.29. The van der Waals surface area contributed by atoms with Crippen LogP contribution in [0.1, 0.15) is 12.5 Å². The van der Waals surface area contributed by atoms with Crippen LogP contribution in [-0.2, 0) is 4.79 Å². The topological polar surface area (TPSA) is 17.1 Å². The third kappa shape index (κ3) is 3.07. The smallest absolute Gasteiger partial charge is 0.186 e. The molecule has 2 aromatic carbocycles. The molecular weight excluding hydrogens is 264 g/mol. The molecule has 0 aromatic heterocycles. The number of thioether (sulfide) groups is 1. The van der Waals surface area contributed by atoms with Crippen molar-refractivity contribution in [2.45, 2.75) is 6.92 Å². The zero-order valence-electron chi connectivity index (χ0n) is 9.87. The lowest BCUT2D eigenvalue weighted by molar-refractivity contribution is -0.109. The first-order chi connectivity index (χ1) is 8.68. The maximum atomic E-state index is 10.8. The minimum atomic E-state index is 0.0836. The van der Waals surface area contributed by atoms with Crippen LogP contribution in [0.4, 0.5) is 0 Å². The molecule has 0 fully saturated rings. The molecule has 0 saturated carbocycles. The summed E-state index contributed by atoms with van der Waals surface area (Å²) >= 11 is 7.41. The molecule has 0 aliphatic carbocycles. The van der Waals surface area contributed by atoms with Gasteiger partial charge in [0.1, 0.15) is 0 Å². The Labute approximate surface area is 116 Å². The molecule has 1 nitrogen and oxygen atoms in total. The molecule has 0 saturated heterocycles. The second-order valence-electron chi connectivity index (χ2n) is 3.73. The first-order valence-electron chi connectivity index (χ1n) is 5.48. The Kier molecular flexibility index (Phi) is 4.30. The van der Waals surface area contributed by atoms with E-state index >= 15 is 0 Å². The van der Waals surface area contributed by atoms with Crippen molar-refractivity contribution in [2.24, 2.45) is 0 Å². The average Bonchev–Trinajstić information content (AvgIpc) is 2.34. The van der Waals surface area contributed by atoms with Crippen LogP contribution in [0.15, 0.2) is 36.4 Å². The van der Waals surface area contributed by atoms with Gasteiger partial charge in [0.15, 0.2) is 5.12 Å². The number of fused-ring (bicyclic) bond motifs is 1. The van der Waals surface area contributed by atoms with Gasteiger partial charge in [-0.25, -0.2) is 0 Å². The second kappa shape index (κ2) is 5.95. The zero-order chi connectivity index (χ0) is 13.0. The molecule has 0 radical (unpaired) electrons. The summed E-state index contributed by atoms with van der Waals surface area (Å²) in [5.74, 6) is 6.57. The molecule has 0 aliphatic rings. The molecule has 0 amide bonds. The lowest BCUT2D eigenvalue weighted by Crippen LogP contribution is -1.84. The molecule has 0 aliphatic heterocycles. The maximum absolute atomic E-state index is 10.8. The van der Waals surface area contributed by atoms with Crippen LogP contribution in [0.3, 0.4) is 0 Å². The lowest BCUT2D eigenvalue weighted by atomic mass is 10.1. The van der Waals surface area contributed by atoms with Gasteiger partial charge < -0.3 is 0 Å². The molecule has 0 heterocycles. The number of carbonyl (C=O) groups excluding carboxylic acids is 1. The fraction of sp³-hybridized carbons (Fsp3) is 0.133. The number of carbonyl (C=O) groups is 1. The van der Waals surface area contributed by atoms with E-state index in [4.69, 9.17) is 11.6 Å². The first kappa shape index (κ1) is 13.0. The third-order valence-corrected chi connectivity index (χ3v) is 3.43. The van der Waals surface area contributed by atoms with E-state index in [2.05, 4.69) is 11.8 Å². The fourth-order valence-corrected chi connectivity index (χ4v) is 2.30. The molecule has 0 bridgehead atoms. The van der Waals surface area contributed by atoms with Crippen molar-refractivity contribution >= 4 is 39.3 Å². The van der Waals surface area contributed by atoms with Gasteiger partial charge in [-0.15, -0.1) is 0 Å². The minimum absolute atomic E-state index is 0.0836. The van der Waals surface area contributed by atoms with E-state index < -0.39 is 0 Å². The van der Waals surface area contributed by atoms with Gasteiger partial charge in [-0.1, -0.05) is 59.5 Å². The summed E-state index contributed by atoms with van der Waals surface area (Å²) in [7, 11) is 0. The largest absolute Gasteiger partial charge is 0.288 e. The van der Waals surface area contributed by atoms with Gasteiger partial charge in [0, 0.05) is 22.9 Å². The van der Waals surface area contributed by atoms with Gasteiger partial charge in [0.2, 0.25) is 0 Å². The fourth-order valence-electron chi connectivity index (χ4n) is 1.67. The lowest BCUT2D eigenvalue weighted by Gasteiger charge is -2.02. The van der Waals surface area contributed by atoms with E-state index in [1.807, 2.05) is 36.4 Å². The minimum Gasteiger partial charge on any atom is -0.288 e. The Balaban J connectivity index is 2.36. The predicted molar refractivity (Wildman–Crippen MR) is 79.0 cm³/mol. The monoisotopic (exact) mass is 274 g/mol. The Hall–Kier alpha value is -1.43. The number of halogens is 1. The van der Waals surface area contributed by atoms with Crippen LogP contribution < -0.4 is 0 Å². The highest BCUT2D eigenvalue weighted by atomic mass is 35.5. The highest BCUT2D eigenvalue weighted by molar-refractivity contribution is 8.13. The van der Waals surface area contributed by atoms with Crippen LogP contribution in [0, 0.1) is 11.8 Å². The van der Waals surface area contributed by atoms with Crippen LogP contribution >= 0.6 is 23.4 Å². The van der Waals surface area contributed by atoms with Gasteiger partial charge >= 0.3 is 0 Å². The summed E-state index contributed by atoms with van der Waals surface area (Å²) in [6, 6.07) is 11.7. The predicted octanol–water partition coefficient (Wildman–Crippen LogP) is 4.12. The number of hydrogen-bond acceptors (Lipinski definition) is 2. The molecule has 0 N–H and O–H groups in total. The number of rotatable bonds is 1. The Morgan fingerprint density at radius 2 is 2.00 bits per heavy atom. The van der Waals surface area contributed by atoms with Crippen molar-refractivity contribution in [3.63, 3.8) is 0 Å². The summed E-state index contributed by atoms with van der Waals surface area (Å²) in [5.41, 5.74) is 0.905. The summed E-state index contributed by atoms with van der Waals surface area (Å²) in [5, 5.41) is 2.84. The number of benzene rings is 2. The van der Waals surface area contributed by atoms with Crippen LogP contribution in [0.5, 0.6) is 0 Å². The molecule has 2 rings (SSSR count). The van der Waals surface area contributed by atoms with E-state index in [1.54, 1.807) is 6.92 Å². The van der Waals surface area contributed by atoms with Crippen molar-refractivity contribution in [1.29, 1.82) is 0 Å². The summed E-state index contributed by atoms with van der Waals surface area (Å²) in [6.45, 7) is 1.54. The molecule has 0 spiro atoms. The first-order valence-corrected chi connectivity index (χ1v) is 6.84. The molecule has 2 aromatic rings. The van der Waals surface area contributed by atoms with Crippen molar-refractivity contribution in [3.8, 4) is 11.8 Å². The highest BCUT2D eigenvalue weighted by Gasteiger charge is 2.02. The van der Waals surface area contributed by atoms with E-state index in [0.717, 1.165) is 16.3 Å². The van der Waals surface area contributed by atoms with Crippen molar-refractivity contribution in [2.75, 3.05) is 5.75 Å². The molecule has 3 heteroatoms. The highest BCUT2D eigenvalue weighted by Crippen LogP contribution is 2.26. The Bertz CT molecular complexity index is 647. The molecule has 0 unspecified atom stereocenters.